The van der Waals surface area contributed by atoms with E-state index in [1.807, 2.05) is 78.9 Å². The van der Waals surface area contributed by atoms with Crippen molar-refractivity contribution in [1.82, 2.24) is 4.98 Å². The van der Waals surface area contributed by atoms with Crippen LogP contribution in [0.4, 0.5) is 5.69 Å². The molecule has 0 atom stereocenters. The van der Waals surface area contributed by atoms with Crippen LogP contribution in [0, 0.1) is 0 Å². The van der Waals surface area contributed by atoms with Crippen LogP contribution in [0.5, 0.6) is 0 Å². The van der Waals surface area contributed by atoms with Crippen LogP contribution in [-0.2, 0) is 6.42 Å². The van der Waals surface area contributed by atoms with Gasteiger partial charge in [-0.3, -0.25) is 4.79 Å². The summed E-state index contributed by atoms with van der Waals surface area (Å²) in [5, 5.41) is 5.15. The highest BCUT2D eigenvalue weighted by Gasteiger charge is 2.12. The molecule has 0 saturated carbocycles. The Kier molecular flexibility index (Phi) is 4.52. The van der Waals surface area contributed by atoms with Crippen LogP contribution in [0.25, 0.3) is 33.3 Å². The lowest BCUT2D eigenvalue weighted by Gasteiger charge is -2.07. The number of carbonyl (C=O) groups excluding carboxylic acids is 1. The maximum atomic E-state index is 12.6. The second kappa shape index (κ2) is 7.48. The first-order valence-electron chi connectivity index (χ1n) is 10.0. The van der Waals surface area contributed by atoms with Gasteiger partial charge in [-0.1, -0.05) is 55.5 Å². The van der Waals surface area contributed by atoms with Crippen molar-refractivity contribution in [2.24, 2.45) is 0 Å². The Morgan fingerprint density at radius 2 is 1.77 bits per heavy atom. The molecule has 1 amide bonds. The van der Waals surface area contributed by atoms with E-state index in [1.165, 1.54) is 5.56 Å². The minimum absolute atomic E-state index is 0.140. The highest BCUT2D eigenvalue weighted by molar-refractivity contribution is 6.05. The van der Waals surface area contributed by atoms with Gasteiger partial charge in [-0.25, -0.2) is 4.98 Å². The largest absolute Gasteiger partial charge is 0.436 e. The number of nitrogens with zero attached hydrogens (tertiary/aromatic N) is 1. The molecule has 1 N–H and O–H groups in total. The molecule has 0 saturated heterocycles. The fraction of sp³-hybridized carbons (Fsp3) is 0.0769. The summed E-state index contributed by atoms with van der Waals surface area (Å²) in [5.74, 6) is 0.392. The Hall–Kier alpha value is -3.92. The number of anilines is 1. The van der Waals surface area contributed by atoms with Gasteiger partial charge in [-0.15, -0.1) is 0 Å². The lowest BCUT2D eigenvalue weighted by atomic mass is 10.1. The van der Waals surface area contributed by atoms with Crippen molar-refractivity contribution in [2.45, 2.75) is 13.3 Å². The first-order valence-corrected chi connectivity index (χ1v) is 10.0. The van der Waals surface area contributed by atoms with Gasteiger partial charge in [0.25, 0.3) is 5.91 Å². The topological polar surface area (TPSA) is 55.1 Å². The predicted octanol–water partition coefficient (Wildman–Crippen LogP) is 6.46. The summed E-state index contributed by atoms with van der Waals surface area (Å²) in [7, 11) is 0. The molecule has 4 aromatic carbocycles. The maximum absolute atomic E-state index is 12.6. The molecule has 0 spiro atoms. The fourth-order valence-electron chi connectivity index (χ4n) is 3.61. The fourth-order valence-corrected chi connectivity index (χ4v) is 3.61. The number of amides is 1. The molecule has 1 aromatic heterocycles. The third kappa shape index (κ3) is 3.33. The first-order chi connectivity index (χ1) is 14.7. The number of rotatable bonds is 4. The van der Waals surface area contributed by atoms with E-state index < -0.39 is 0 Å². The van der Waals surface area contributed by atoms with Gasteiger partial charge in [0.05, 0.1) is 0 Å². The van der Waals surface area contributed by atoms with E-state index in [9.17, 15) is 4.79 Å². The quantitative estimate of drug-likeness (QED) is 0.382. The van der Waals surface area contributed by atoms with E-state index in [4.69, 9.17) is 9.40 Å². The summed E-state index contributed by atoms with van der Waals surface area (Å²) >= 11 is 0. The minimum Gasteiger partial charge on any atom is -0.436 e. The number of aryl methyl sites for hydroxylation is 1. The molecule has 0 fully saturated rings. The number of fused-ring (bicyclic) bond motifs is 3. The highest BCUT2D eigenvalue weighted by Crippen LogP contribution is 2.30. The lowest BCUT2D eigenvalue weighted by Crippen LogP contribution is -2.11. The Bertz CT molecular complexity index is 1370. The Morgan fingerprint density at radius 3 is 2.60 bits per heavy atom. The standard InChI is InChI=1S/C26H20N2O2/c1-2-17-10-12-19(13-11-17)25(29)27-21-8-5-7-20(16-21)26-28-24-22-9-4-3-6-18(22)14-15-23(24)30-26/h3-16H,2H2,1H3,(H,27,29). The van der Waals surface area contributed by atoms with Crippen molar-refractivity contribution in [3.05, 3.63) is 96.1 Å². The molecule has 0 unspecified atom stereocenters. The van der Waals surface area contributed by atoms with Crippen LogP contribution in [0.3, 0.4) is 0 Å². The average Bonchev–Trinajstić information content (AvgIpc) is 3.24. The third-order valence-corrected chi connectivity index (χ3v) is 5.28. The monoisotopic (exact) mass is 392 g/mol. The second-order valence-corrected chi connectivity index (χ2v) is 7.24. The minimum atomic E-state index is -0.140. The molecular formula is C26H20N2O2. The van der Waals surface area contributed by atoms with E-state index in [0.717, 1.165) is 33.9 Å². The molecule has 5 aromatic rings. The van der Waals surface area contributed by atoms with Gasteiger partial charge in [0, 0.05) is 22.2 Å². The van der Waals surface area contributed by atoms with Crippen LogP contribution in [0.15, 0.2) is 89.3 Å². The molecule has 0 aliphatic carbocycles. The van der Waals surface area contributed by atoms with Gasteiger partial charge in [0.15, 0.2) is 5.58 Å². The molecule has 0 aliphatic heterocycles. The summed E-state index contributed by atoms with van der Waals surface area (Å²) < 4.78 is 6.01. The summed E-state index contributed by atoms with van der Waals surface area (Å²) in [4.78, 5) is 17.3. The molecule has 146 valence electrons. The number of nitrogens with one attached hydrogen (secondary N) is 1. The normalized spacial score (nSPS) is 11.1. The van der Waals surface area contributed by atoms with Gasteiger partial charge in [-0.2, -0.15) is 0 Å². The van der Waals surface area contributed by atoms with Crippen molar-refractivity contribution in [1.29, 1.82) is 0 Å². The van der Waals surface area contributed by atoms with Crippen molar-refractivity contribution < 1.29 is 9.21 Å². The van der Waals surface area contributed by atoms with Crippen LogP contribution in [0.2, 0.25) is 0 Å². The first kappa shape index (κ1) is 18.1. The molecule has 0 aliphatic rings. The van der Waals surface area contributed by atoms with Gasteiger partial charge in [0.1, 0.15) is 5.52 Å². The molecule has 0 bridgehead atoms. The van der Waals surface area contributed by atoms with Gasteiger partial charge >= 0.3 is 0 Å². The number of aromatic nitrogens is 1. The second-order valence-electron chi connectivity index (χ2n) is 7.24. The van der Waals surface area contributed by atoms with Crippen LogP contribution in [0.1, 0.15) is 22.8 Å². The number of benzene rings is 4. The number of hydrogen-bond acceptors (Lipinski definition) is 3. The zero-order valence-electron chi connectivity index (χ0n) is 16.6. The molecule has 0 radical (unpaired) electrons. The summed E-state index contributed by atoms with van der Waals surface area (Å²) in [6, 6.07) is 27.3. The molecule has 30 heavy (non-hydrogen) atoms. The highest BCUT2D eigenvalue weighted by atomic mass is 16.3. The van der Waals surface area contributed by atoms with E-state index in [2.05, 4.69) is 18.3 Å². The summed E-state index contributed by atoms with van der Waals surface area (Å²) in [6.07, 6.45) is 0.948. The SMILES string of the molecule is CCc1ccc(C(=O)Nc2cccc(-c3nc4c(ccc5ccccc54)o3)c2)cc1. The molecular weight excluding hydrogens is 372 g/mol. The van der Waals surface area contributed by atoms with Gasteiger partial charge < -0.3 is 9.73 Å². The van der Waals surface area contributed by atoms with Crippen LogP contribution >= 0.6 is 0 Å². The smallest absolute Gasteiger partial charge is 0.255 e. The van der Waals surface area contributed by atoms with E-state index in [1.54, 1.807) is 0 Å². The summed E-state index contributed by atoms with van der Waals surface area (Å²) in [5.41, 5.74) is 4.93. The molecule has 4 heteroatoms. The van der Waals surface area contributed by atoms with Crippen molar-refractivity contribution in [2.75, 3.05) is 5.32 Å². The maximum Gasteiger partial charge on any atom is 0.255 e. The average molecular weight is 392 g/mol. The van der Waals surface area contributed by atoms with Gasteiger partial charge in [-0.05, 0) is 53.8 Å². The van der Waals surface area contributed by atoms with E-state index in [0.29, 0.717) is 17.1 Å². The van der Waals surface area contributed by atoms with E-state index in [-0.39, 0.29) is 5.91 Å². The van der Waals surface area contributed by atoms with Crippen molar-refractivity contribution >= 4 is 33.5 Å². The third-order valence-electron chi connectivity index (χ3n) is 5.28. The van der Waals surface area contributed by atoms with Crippen LogP contribution < -0.4 is 5.32 Å². The Balaban J connectivity index is 1.45. The van der Waals surface area contributed by atoms with Crippen molar-refractivity contribution in [3.63, 3.8) is 0 Å². The predicted molar refractivity (Wildman–Crippen MR) is 121 cm³/mol. The van der Waals surface area contributed by atoms with Gasteiger partial charge in [0.2, 0.25) is 5.89 Å². The number of oxazole rings is 1. The molecule has 4 nitrogen and oxygen atoms in total. The van der Waals surface area contributed by atoms with Crippen molar-refractivity contribution in [3.8, 4) is 11.5 Å². The van der Waals surface area contributed by atoms with Crippen LogP contribution in [-0.4, -0.2) is 10.9 Å². The molecule has 5 rings (SSSR count). The zero-order chi connectivity index (χ0) is 20.5. The van der Waals surface area contributed by atoms with E-state index >= 15 is 0 Å². The zero-order valence-corrected chi connectivity index (χ0v) is 16.6. The summed E-state index contributed by atoms with van der Waals surface area (Å²) in [6.45, 7) is 2.09. The Labute approximate surface area is 174 Å². The number of carbonyl (C=O) groups is 1. The Morgan fingerprint density at radius 1 is 0.933 bits per heavy atom. The number of hydrogen-bond donors (Lipinski definition) is 1. The molecule has 1 heterocycles. The lowest BCUT2D eigenvalue weighted by molar-refractivity contribution is 0.102.